The second-order valence-corrected chi connectivity index (χ2v) is 5.89. The summed E-state index contributed by atoms with van der Waals surface area (Å²) in [6.07, 6.45) is 0.272. The molecule has 20 heavy (non-hydrogen) atoms. The van der Waals surface area contributed by atoms with Gasteiger partial charge in [0.2, 0.25) is 0 Å². The van der Waals surface area contributed by atoms with Gasteiger partial charge >= 0.3 is 6.03 Å². The summed E-state index contributed by atoms with van der Waals surface area (Å²) in [5.41, 5.74) is -0.803. The molecule has 0 aromatic carbocycles. The molecule has 7 nitrogen and oxygen atoms in total. The van der Waals surface area contributed by atoms with Crippen LogP contribution in [0.25, 0.3) is 0 Å². The Kier molecular flexibility index (Phi) is 3.43. The lowest BCUT2D eigenvalue weighted by Gasteiger charge is -2.26. The zero-order chi connectivity index (χ0) is 14.3. The molecule has 3 saturated heterocycles. The number of imide groups is 1. The molecule has 2 atom stereocenters. The van der Waals surface area contributed by atoms with Gasteiger partial charge in [0.15, 0.2) is 0 Å². The number of carbonyl (C=O) groups is 2. The Morgan fingerprint density at radius 1 is 1.25 bits per heavy atom. The smallest absolute Gasteiger partial charge is 0.327 e. The molecule has 0 saturated carbocycles. The van der Waals surface area contributed by atoms with Crippen LogP contribution < -0.4 is 0 Å². The molecule has 0 spiro atoms. The number of ether oxygens (including phenoxy) is 3. The zero-order valence-electron chi connectivity index (χ0n) is 11.8. The molecule has 2 unspecified atom stereocenters. The van der Waals surface area contributed by atoms with Crippen molar-refractivity contribution in [1.82, 2.24) is 9.80 Å². The van der Waals surface area contributed by atoms with E-state index in [-0.39, 0.29) is 30.7 Å². The van der Waals surface area contributed by atoms with Crippen molar-refractivity contribution >= 4 is 11.9 Å². The number of hydrogen-bond acceptors (Lipinski definition) is 5. The molecule has 3 aliphatic heterocycles. The molecular weight excluding hydrogens is 264 g/mol. The molecule has 0 N–H and O–H groups in total. The molecule has 0 aromatic heterocycles. The highest BCUT2D eigenvalue weighted by Gasteiger charge is 2.52. The Morgan fingerprint density at radius 2 is 1.90 bits per heavy atom. The molecule has 7 heteroatoms. The first-order valence-electron chi connectivity index (χ1n) is 6.94. The number of carbonyl (C=O) groups excluding carboxylic acids is 2. The number of amides is 3. The van der Waals surface area contributed by atoms with E-state index in [9.17, 15) is 9.59 Å². The Morgan fingerprint density at radius 3 is 2.50 bits per heavy atom. The molecule has 3 fully saturated rings. The second kappa shape index (κ2) is 4.98. The molecule has 3 heterocycles. The van der Waals surface area contributed by atoms with E-state index in [1.54, 1.807) is 18.7 Å². The SMILES string of the molecule is CC1(C)C(=O)N(CCOCC2CO2)C(=O)N1CC1CO1. The molecule has 112 valence electrons. The number of rotatable bonds is 7. The van der Waals surface area contributed by atoms with Crippen LogP contribution in [0.4, 0.5) is 4.79 Å². The first kappa shape index (κ1) is 13.8. The van der Waals surface area contributed by atoms with Gasteiger partial charge in [-0.2, -0.15) is 0 Å². The number of urea groups is 1. The van der Waals surface area contributed by atoms with E-state index in [0.717, 1.165) is 6.61 Å². The van der Waals surface area contributed by atoms with E-state index in [1.807, 2.05) is 0 Å². The molecule has 0 bridgehead atoms. The second-order valence-electron chi connectivity index (χ2n) is 5.89. The lowest BCUT2D eigenvalue weighted by atomic mass is 10.0. The number of nitrogens with zero attached hydrogens (tertiary/aromatic N) is 2. The fourth-order valence-corrected chi connectivity index (χ4v) is 2.33. The van der Waals surface area contributed by atoms with Crippen molar-refractivity contribution in [3.63, 3.8) is 0 Å². The fraction of sp³-hybridized carbons (Fsp3) is 0.846. The molecule has 3 rings (SSSR count). The maximum Gasteiger partial charge on any atom is 0.327 e. The van der Waals surface area contributed by atoms with Crippen LogP contribution in [-0.2, 0) is 19.0 Å². The van der Waals surface area contributed by atoms with Gasteiger partial charge in [-0.05, 0) is 13.8 Å². The van der Waals surface area contributed by atoms with Crippen LogP contribution in [0.2, 0.25) is 0 Å². The van der Waals surface area contributed by atoms with E-state index in [2.05, 4.69) is 0 Å². The quantitative estimate of drug-likeness (QED) is 0.369. The van der Waals surface area contributed by atoms with Crippen LogP contribution in [0.15, 0.2) is 0 Å². The van der Waals surface area contributed by atoms with E-state index < -0.39 is 5.54 Å². The maximum absolute atomic E-state index is 12.3. The van der Waals surface area contributed by atoms with E-state index in [0.29, 0.717) is 26.4 Å². The Labute approximate surface area is 117 Å². The van der Waals surface area contributed by atoms with Gasteiger partial charge in [-0.1, -0.05) is 0 Å². The van der Waals surface area contributed by atoms with E-state index in [4.69, 9.17) is 14.2 Å². The van der Waals surface area contributed by atoms with Crippen molar-refractivity contribution in [2.75, 3.05) is 39.5 Å². The predicted molar refractivity (Wildman–Crippen MR) is 68.2 cm³/mol. The van der Waals surface area contributed by atoms with Crippen LogP contribution in [0.5, 0.6) is 0 Å². The molecule has 0 radical (unpaired) electrons. The highest BCUT2D eigenvalue weighted by Crippen LogP contribution is 2.29. The Balaban J connectivity index is 1.55. The summed E-state index contributed by atoms with van der Waals surface area (Å²) in [5, 5.41) is 0. The van der Waals surface area contributed by atoms with Crippen LogP contribution >= 0.6 is 0 Å². The summed E-state index contributed by atoms with van der Waals surface area (Å²) < 4.78 is 15.6. The van der Waals surface area contributed by atoms with Gasteiger partial charge < -0.3 is 19.1 Å². The van der Waals surface area contributed by atoms with Crippen molar-refractivity contribution in [2.45, 2.75) is 31.6 Å². The number of hydrogen-bond donors (Lipinski definition) is 0. The van der Waals surface area contributed by atoms with Gasteiger partial charge in [-0.25, -0.2) is 4.79 Å². The molecule has 0 aromatic rings. The number of epoxide rings is 2. The maximum atomic E-state index is 12.3. The van der Waals surface area contributed by atoms with Crippen LogP contribution in [0.3, 0.4) is 0 Å². The topological polar surface area (TPSA) is 74.9 Å². The van der Waals surface area contributed by atoms with Crippen molar-refractivity contribution in [3.8, 4) is 0 Å². The first-order valence-corrected chi connectivity index (χ1v) is 6.94. The van der Waals surface area contributed by atoms with Crippen LogP contribution in [0, 0.1) is 0 Å². The third-order valence-electron chi connectivity index (χ3n) is 3.86. The minimum atomic E-state index is -0.803. The van der Waals surface area contributed by atoms with Crippen molar-refractivity contribution in [2.24, 2.45) is 0 Å². The molecule has 3 amide bonds. The normalized spacial score (nSPS) is 31.1. The van der Waals surface area contributed by atoms with Crippen molar-refractivity contribution < 1.29 is 23.8 Å². The van der Waals surface area contributed by atoms with Gasteiger partial charge in [0.05, 0.1) is 45.6 Å². The van der Waals surface area contributed by atoms with Crippen LogP contribution in [-0.4, -0.2) is 79.0 Å². The summed E-state index contributed by atoms with van der Waals surface area (Å²) in [6.45, 7) is 6.59. The van der Waals surface area contributed by atoms with Gasteiger partial charge in [0.25, 0.3) is 5.91 Å². The van der Waals surface area contributed by atoms with Crippen molar-refractivity contribution in [1.29, 1.82) is 0 Å². The zero-order valence-corrected chi connectivity index (χ0v) is 11.8. The Hall–Kier alpha value is -1.18. The average molecular weight is 284 g/mol. The minimum absolute atomic E-state index is 0.0780. The largest absolute Gasteiger partial charge is 0.377 e. The summed E-state index contributed by atoms with van der Waals surface area (Å²) in [5.74, 6) is -0.172. The van der Waals surface area contributed by atoms with Crippen LogP contribution in [0.1, 0.15) is 13.8 Å². The summed E-state index contributed by atoms with van der Waals surface area (Å²) in [7, 11) is 0. The monoisotopic (exact) mass is 284 g/mol. The lowest BCUT2D eigenvalue weighted by Crippen LogP contribution is -2.45. The third kappa shape index (κ3) is 2.65. The summed E-state index contributed by atoms with van der Waals surface area (Å²) >= 11 is 0. The Bertz CT molecular complexity index is 417. The van der Waals surface area contributed by atoms with Gasteiger partial charge in [-0.3, -0.25) is 9.69 Å². The average Bonchev–Trinajstić information content (AvgIpc) is 3.27. The highest BCUT2D eigenvalue weighted by atomic mass is 16.6. The first-order chi connectivity index (χ1) is 9.50. The fourth-order valence-electron chi connectivity index (χ4n) is 2.33. The predicted octanol–water partition coefficient (Wildman–Crippen LogP) is -0.157. The highest BCUT2D eigenvalue weighted by molar-refractivity contribution is 6.06. The van der Waals surface area contributed by atoms with Gasteiger partial charge in [0, 0.05) is 0 Å². The van der Waals surface area contributed by atoms with Crippen molar-refractivity contribution in [3.05, 3.63) is 0 Å². The summed E-state index contributed by atoms with van der Waals surface area (Å²) in [6, 6.07) is -0.248. The van der Waals surface area contributed by atoms with E-state index in [1.165, 1.54) is 4.90 Å². The standard InChI is InChI=1S/C13H20N2O5/c1-13(2)11(16)14(3-4-18-6-10-8-20-10)12(17)15(13)5-9-7-19-9/h9-10H,3-8H2,1-2H3. The van der Waals surface area contributed by atoms with Gasteiger partial charge in [0.1, 0.15) is 11.6 Å². The lowest BCUT2D eigenvalue weighted by molar-refractivity contribution is -0.132. The van der Waals surface area contributed by atoms with E-state index >= 15 is 0 Å². The summed E-state index contributed by atoms with van der Waals surface area (Å²) in [4.78, 5) is 27.5. The molecular formula is C13H20N2O5. The molecule has 3 aliphatic rings. The minimum Gasteiger partial charge on any atom is -0.377 e. The molecule has 0 aliphatic carbocycles. The van der Waals surface area contributed by atoms with Gasteiger partial charge in [-0.15, -0.1) is 0 Å². The third-order valence-corrected chi connectivity index (χ3v) is 3.86.